The summed E-state index contributed by atoms with van der Waals surface area (Å²) in [5.41, 5.74) is 2.17. The van der Waals surface area contributed by atoms with Gasteiger partial charge in [-0.3, -0.25) is 14.9 Å². The first-order chi connectivity index (χ1) is 20.7. The first kappa shape index (κ1) is 30.2. The summed E-state index contributed by atoms with van der Waals surface area (Å²) >= 11 is 15.5. The normalized spacial score (nSPS) is 14.1. The van der Waals surface area contributed by atoms with Gasteiger partial charge in [0.2, 0.25) is 0 Å². The number of nitrogens with one attached hydrogen (secondary N) is 1. The number of rotatable bonds is 9. The second kappa shape index (κ2) is 13.3. The Morgan fingerprint density at radius 2 is 1.47 bits per heavy atom. The molecule has 0 aromatic heterocycles. The number of ether oxygens (including phenoxy) is 3. The Morgan fingerprint density at radius 1 is 0.791 bits per heavy atom. The average Bonchev–Trinajstić information content (AvgIpc) is 3.00. The van der Waals surface area contributed by atoms with Crippen LogP contribution in [0, 0.1) is 0 Å². The van der Waals surface area contributed by atoms with E-state index >= 15 is 0 Å². The third-order valence-corrected chi connectivity index (χ3v) is 7.68. The number of barbiturate groups is 1. The number of urea groups is 1. The maximum Gasteiger partial charge on any atom is 0.335 e. The van der Waals surface area contributed by atoms with Gasteiger partial charge in [0.05, 0.1) is 22.8 Å². The van der Waals surface area contributed by atoms with Crippen molar-refractivity contribution in [3.8, 4) is 17.2 Å². The predicted octanol–water partition coefficient (Wildman–Crippen LogP) is 7.59. The van der Waals surface area contributed by atoms with E-state index in [0.29, 0.717) is 39.5 Å². The van der Waals surface area contributed by atoms with E-state index in [1.165, 1.54) is 13.2 Å². The fourth-order valence-electron chi connectivity index (χ4n) is 4.16. The van der Waals surface area contributed by atoms with Gasteiger partial charge in [0.1, 0.15) is 36.0 Å². The monoisotopic (exact) mass is 680 g/mol. The third-order valence-electron chi connectivity index (χ3n) is 6.41. The molecule has 43 heavy (non-hydrogen) atoms. The molecule has 0 saturated carbocycles. The summed E-state index contributed by atoms with van der Waals surface area (Å²) < 4.78 is 18.1. The molecule has 0 atom stereocenters. The van der Waals surface area contributed by atoms with Crippen molar-refractivity contribution in [1.29, 1.82) is 0 Å². The number of imide groups is 2. The SMILES string of the molecule is COc1ccc(/C=C2\C(=O)NC(=O)N(c3ccc(OCc4ccc(Br)cc4)cc3)C2=O)c(OCc2ccc(Cl)c(Cl)c2)c1. The molecule has 4 amide bonds. The minimum Gasteiger partial charge on any atom is -0.497 e. The molecule has 8 nitrogen and oxygen atoms in total. The Bertz CT molecular complexity index is 1730. The van der Waals surface area contributed by atoms with E-state index in [4.69, 9.17) is 37.4 Å². The van der Waals surface area contributed by atoms with Crippen LogP contribution in [-0.2, 0) is 22.8 Å². The van der Waals surface area contributed by atoms with Crippen molar-refractivity contribution in [2.75, 3.05) is 12.0 Å². The minimum atomic E-state index is -0.860. The zero-order valence-electron chi connectivity index (χ0n) is 22.6. The van der Waals surface area contributed by atoms with Crippen molar-refractivity contribution in [3.05, 3.63) is 122 Å². The van der Waals surface area contributed by atoms with Crippen LogP contribution in [0.2, 0.25) is 10.0 Å². The molecular formula is C32H23BrCl2N2O6. The van der Waals surface area contributed by atoms with E-state index in [-0.39, 0.29) is 17.9 Å². The van der Waals surface area contributed by atoms with Gasteiger partial charge in [0.15, 0.2) is 0 Å². The highest BCUT2D eigenvalue weighted by Gasteiger charge is 2.37. The maximum atomic E-state index is 13.5. The van der Waals surface area contributed by atoms with Crippen molar-refractivity contribution in [1.82, 2.24) is 5.32 Å². The summed E-state index contributed by atoms with van der Waals surface area (Å²) in [4.78, 5) is 40.0. The highest BCUT2D eigenvalue weighted by molar-refractivity contribution is 9.10. The summed E-state index contributed by atoms with van der Waals surface area (Å²) in [6, 6.07) is 23.3. The van der Waals surface area contributed by atoms with Gasteiger partial charge in [0.25, 0.3) is 11.8 Å². The smallest absolute Gasteiger partial charge is 0.335 e. The first-order valence-corrected chi connectivity index (χ1v) is 14.4. The molecule has 1 aliphatic rings. The molecule has 1 aliphatic heterocycles. The van der Waals surface area contributed by atoms with Crippen LogP contribution in [0.3, 0.4) is 0 Å². The molecule has 0 bridgehead atoms. The number of methoxy groups -OCH3 is 1. The number of halogens is 3. The van der Waals surface area contributed by atoms with E-state index in [1.54, 1.807) is 60.7 Å². The molecule has 0 spiro atoms. The van der Waals surface area contributed by atoms with Crippen LogP contribution >= 0.6 is 39.1 Å². The van der Waals surface area contributed by atoms with Gasteiger partial charge in [-0.05, 0) is 77.9 Å². The zero-order valence-corrected chi connectivity index (χ0v) is 25.7. The van der Waals surface area contributed by atoms with Crippen LogP contribution in [0.5, 0.6) is 17.2 Å². The fourth-order valence-corrected chi connectivity index (χ4v) is 4.75. The lowest BCUT2D eigenvalue weighted by Gasteiger charge is -2.26. The summed E-state index contributed by atoms with van der Waals surface area (Å²) in [6.07, 6.45) is 1.37. The highest BCUT2D eigenvalue weighted by Crippen LogP contribution is 2.31. The van der Waals surface area contributed by atoms with Gasteiger partial charge in [-0.1, -0.05) is 57.3 Å². The maximum absolute atomic E-state index is 13.5. The van der Waals surface area contributed by atoms with Crippen molar-refractivity contribution in [2.45, 2.75) is 13.2 Å². The molecule has 11 heteroatoms. The van der Waals surface area contributed by atoms with Crippen LogP contribution in [-0.4, -0.2) is 25.0 Å². The lowest BCUT2D eigenvalue weighted by molar-refractivity contribution is -0.122. The summed E-state index contributed by atoms with van der Waals surface area (Å²) in [5, 5.41) is 3.04. The van der Waals surface area contributed by atoms with E-state index in [1.807, 2.05) is 24.3 Å². The molecule has 1 heterocycles. The molecule has 5 rings (SSSR count). The van der Waals surface area contributed by atoms with Crippen LogP contribution in [0.15, 0.2) is 95.0 Å². The Hall–Kier alpha value is -4.31. The molecule has 0 aliphatic carbocycles. The van der Waals surface area contributed by atoms with Crippen molar-refractivity contribution in [2.24, 2.45) is 0 Å². The summed E-state index contributed by atoms with van der Waals surface area (Å²) in [7, 11) is 1.51. The first-order valence-electron chi connectivity index (χ1n) is 12.9. The van der Waals surface area contributed by atoms with Crippen LogP contribution in [0.4, 0.5) is 10.5 Å². The van der Waals surface area contributed by atoms with E-state index < -0.39 is 17.8 Å². The number of nitrogens with zero attached hydrogens (tertiary/aromatic N) is 1. The molecule has 0 unspecified atom stereocenters. The lowest BCUT2D eigenvalue weighted by atomic mass is 10.1. The Balaban J connectivity index is 1.36. The van der Waals surface area contributed by atoms with Crippen molar-refractivity contribution in [3.63, 3.8) is 0 Å². The number of anilines is 1. The molecule has 1 N–H and O–H groups in total. The van der Waals surface area contributed by atoms with Gasteiger partial charge < -0.3 is 14.2 Å². The lowest BCUT2D eigenvalue weighted by Crippen LogP contribution is -2.54. The van der Waals surface area contributed by atoms with Crippen LogP contribution in [0.25, 0.3) is 6.08 Å². The number of carbonyl (C=O) groups is 3. The Morgan fingerprint density at radius 3 is 2.16 bits per heavy atom. The summed E-state index contributed by atoms with van der Waals surface area (Å²) in [5.74, 6) is -0.222. The van der Waals surface area contributed by atoms with Crippen LogP contribution < -0.4 is 24.4 Å². The van der Waals surface area contributed by atoms with Crippen molar-refractivity contribution < 1.29 is 28.6 Å². The molecule has 4 aromatic carbocycles. The van der Waals surface area contributed by atoms with E-state index in [2.05, 4.69) is 21.2 Å². The molecule has 1 fully saturated rings. The quantitative estimate of drug-likeness (QED) is 0.145. The minimum absolute atomic E-state index is 0.126. The number of carbonyl (C=O) groups excluding carboxylic acids is 3. The van der Waals surface area contributed by atoms with Gasteiger partial charge in [-0.15, -0.1) is 0 Å². The fraction of sp³-hybridized carbons (Fsp3) is 0.0938. The van der Waals surface area contributed by atoms with Gasteiger partial charge in [0, 0.05) is 16.1 Å². The molecule has 4 aromatic rings. The zero-order chi connectivity index (χ0) is 30.5. The number of hydrogen-bond donors (Lipinski definition) is 1. The van der Waals surface area contributed by atoms with E-state index in [9.17, 15) is 14.4 Å². The Kier molecular flexibility index (Phi) is 9.35. The summed E-state index contributed by atoms with van der Waals surface area (Å²) in [6.45, 7) is 0.468. The van der Waals surface area contributed by atoms with Gasteiger partial charge in [-0.25, -0.2) is 9.69 Å². The third kappa shape index (κ3) is 7.19. The highest BCUT2D eigenvalue weighted by atomic mass is 79.9. The number of benzene rings is 4. The standard InChI is InChI=1S/C32H23BrCl2N2O6/c1-41-25-10-5-21(29(16-25)43-18-20-4-13-27(34)28(35)14-20)15-26-30(38)36-32(40)37(31(26)39)23-8-11-24(12-9-23)42-17-19-2-6-22(33)7-3-19/h2-16H,17-18H2,1H3,(H,36,38,40)/b26-15+. The topological polar surface area (TPSA) is 94.2 Å². The molecule has 1 saturated heterocycles. The van der Waals surface area contributed by atoms with E-state index in [0.717, 1.165) is 20.5 Å². The predicted molar refractivity (Wildman–Crippen MR) is 168 cm³/mol. The molecular weight excluding hydrogens is 659 g/mol. The van der Waals surface area contributed by atoms with Crippen LogP contribution in [0.1, 0.15) is 16.7 Å². The van der Waals surface area contributed by atoms with Crippen molar-refractivity contribution >= 4 is 68.7 Å². The molecule has 218 valence electrons. The second-order valence-electron chi connectivity index (χ2n) is 9.31. The second-order valence-corrected chi connectivity index (χ2v) is 11.0. The average molecular weight is 682 g/mol. The van der Waals surface area contributed by atoms with Gasteiger partial charge in [-0.2, -0.15) is 0 Å². The van der Waals surface area contributed by atoms with Gasteiger partial charge >= 0.3 is 6.03 Å². The largest absolute Gasteiger partial charge is 0.497 e. The molecule has 0 radical (unpaired) electrons. The number of hydrogen-bond acceptors (Lipinski definition) is 6. The number of amides is 4. The Labute approximate surface area is 265 Å².